The van der Waals surface area contributed by atoms with Gasteiger partial charge in [-0.3, -0.25) is 4.90 Å². The molecule has 22 heavy (non-hydrogen) atoms. The Kier molecular flexibility index (Phi) is 4.16. The molecule has 5 heteroatoms. The second-order valence-electron chi connectivity index (χ2n) is 6.90. The van der Waals surface area contributed by atoms with E-state index in [1.54, 1.807) is 0 Å². The van der Waals surface area contributed by atoms with Crippen LogP contribution in [-0.4, -0.2) is 39.1 Å². The summed E-state index contributed by atoms with van der Waals surface area (Å²) in [6, 6.07) is 10.0. The van der Waals surface area contributed by atoms with Crippen molar-refractivity contribution in [1.29, 1.82) is 0 Å². The second kappa shape index (κ2) is 6.08. The topological polar surface area (TPSA) is 43.2 Å². The Labute approximate surface area is 131 Å². The summed E-state index contributed by atoms with van der Waals surface area (Å²) in [5, 5.41) is 8.51. The SMILES string of the molecule is CC(C)(C)n1cc(CN2CCC(Oc3ccccc3)C2)nn1. The van der Waals surface area contributed by atoms with Gasteiger partial charge in [0, 0.05) is 19.6 Å². The summed E-state index contributed by atoms with van der Waals surface area (Å²) in [7, 11) is 0. The lowest BCUT2D eigenvalue weighted by Crippen LogP contribution is -2.25. The zero-order valence-electron chi connectivity index (χ0n) is 13.6. The van der Waals surface area contributed by atoms with Crippen LogP contribution in [0.5, 0.6) is 5.75 Å². The van der Waals surface area contributed by atoms with Crippen LogP contribution in [0.4, 0.5) is 0 Å². The minimum absolute atomic E-state index is 0.0186. The molecule has 0 amide bonds. The molecule has 0 spiro atoms. The third-order valence-corrected chi connectivity index (χ3v) is 3.89. The molecule has 1 fully saturated rings. The number of ether oxygens (including phenoxy) is 1. The van der Waals surface area contributed by atoms with Gasteiger partial charge >= 0.3 is 0 Å². The lowest BCUT2D eigenvalue weighted by atomic mass is 10.1. The van der Waals surface area contributed by atoms with Crippen molar-refractivity contribution in [3.05, 3.63) is 42.2 Å². The van der Waals surface area contributed by atoms with Gasteiger partial charge in [0.25, 0.3) is 0 Å². The van der Waals surface area contributed by atoms with Gasteiger partial charge in [-0.15, -0.1) is 5.10 Å². The Bertz CT molecular complexity index is 603. The zero-order chi connectivity index (χ0) is 15.6. The van der Waals surface area contributed by atoms with E-state index in [9.17, 15) is 0 Å². The van der Waals surface area contributed by atoms with Gasteiger partial charge < -0.3 is 4.74 Å². The molecule has 0 aliphatic carbocycles. The van der Waals surface area contributed by atoms with E-state index in [1.807, 2.05) is 41.2 Å². The average molecular weight is 300 g/mol. The Hall–Kier alpha value is -1.88. The van der Waals surface area contributed by atoms with Crippen molar-refractivity contribution in [3.63, 3.8) is 0 Å². The van der Waals surface area contributed by atoms with Gasteiger partial charge in [0.15, 0.2) is 0 Å². The van der Waals surface area contributed by atoms with Crippen LogP contribution in [0.1, 0.15) is 32.9 Å². The Morgan fingerprint density at radius 1 is 1.23 bits per heavy atom. The first kappa shape index (κ1) is 15.0. The first-order chi connectivity index (χ1) is 10.5. The van der Waals surface area contributed by atoms with Crippen LogP contribution in [0.3, 0.4) is 0 Å². The van der Waals surface area contributed by atoms with E-state index in [4.69, 9.17) is 4.74 Å². The molecule has 5 nitrogen and oxygen atoms in total. The minimum atomic E-state index is -0.0186. The van der Waals surface area contributed by atoms with Crippen molar-refractivity contribution in [2.75, 3.05) is 13.1 Å². The van der Waals surface area contributed by atoms with Crippen molar-refractivity contribution in [2.45, 2.75) is 45.4 Å². The summed E-state index contributed by atoms with van der Waals surface area (Å²) in [4.78, 5) is 2.38. The Morgan fingerprint density at radius 2 is 2.00 bits per heavy atom. The van der Waals surface area contributed by atoms with Gasteiger partial charge in [0.1, 0.15) is 11.9 Å². The third kappa shape index (κ3) is 3.65. The molecule has 3 rings (SSSR count). The normalized spacial score (nSPS) is 19.5. The molecule has 0 radical (unpaired) electrons. The van der Waals surface area contributed by atoms with E-state index in [0.29, 0.717) is 0 Å². The van der Waals surface area contributed by atoms with Crippen LogP contribution in [0.15, 0.2) is 36.5 Å². The third-order valence-electron chi connectivity index (χ3n) is 3.89. The van der Waals surface area contributed by atoms with Gasteiger partial charge in [-0.2, -0.15) is 0 Å². The van der Waals surface area contributed by atoms with E-state index >= 15 is 0 Å². The fourth-order valence-corrected chi connectivity index (χ4v) is 2.66. The van der Waals surface area contributed by atoms with Crippen molar-refractivity contribution in [3.8, 4) is 5.75 Å². The maximum atomic E-state index is 6.02. The van der Waals surface area contributed by atoms with Gasteiger partial charge in [0.2, 0.25) is 0 Å². The summed E-state index contributed by atoms with van der Waals surface area (Å²) in [6.45, 7) is 9.21. The predicted octanol–water partition coefficient (Wildman–Crippen LogP) is 2.69. The Morgan fingerprint density at radius 3 is 2.68 bits per heavy atom. The van der Waals surface area contributed by atoms with E-state index in [-0.39, 0.29) is 11.6 Å². The maximum absolute atomic E-state index is 6.02. The van der Waals surface area contributed by atoms with Crippen LogP contribution >= 0.6 is 0 Å². The van der Waals surface area contributed by atoms with Crippen LogP contribution in [0, 0.1) is 0 Å². The number of rotatable bonds is 4. The van der Waals surface area contributed by atoms with Crippen molar-refractivity contribution in [1.82, 2.24) is 19.9 Å². The number of likely N-dealkylation sites (tertiary alicyclic amines) is 1. The molecular weight excluding hydrogens is 276 g/mol. The Balaban J connectivity index is 1.54. The highest BCUT2D eigenvalue weighted by Gasteiger charge is 2.25. The number of hydrogen-bond acceptors (Lipinski definition) is 4. The van der Waals surface area contributed by atoms with Crippen LogP contribution in [0.2, 0.25) is 0 Å². The zero-order valence-corrected chi connectivity index (χ0v) is 13.6. The molecule has 118 valence electrons. The first-order valence-electron chi connectivity index (χ1n) is 7.86. The monoisotopic (exact) mass is 300 g/mol. The molecule has 1 saturated heterocycles. The molecule has 1 unspecified atom stereocenters. The molecule has 0 saturated carbocycles. The van der Waals surface area contributed by atoms with E-state index in [2.05, 4.69) is 36.0 Å². The lowest BCUT2D eigenvalue weighted by molar-refractivity contribution is 0.198. The van der Waals surface area contributed by atoms with Crippen molar-refractivity contribution in [2.24, 2.45) is 0 Å². The molecule has 1 aromatic carbocycles. The largest absolute Gasteiger partial charge is 0.489 e. The summed E-state index contributed by atoms with van der Waals surface area (Å²) in [6.07, 6.45) is 3.37. The quantitative estimate of drug-likeness (QED) is 0.871. The van der Waals surface area contributed by atoms with Crippen molar-refractivity contribution >= 4 is 0 Å². The summed E-state index contributed by atoms with van der Waals surface area (Å²) < 4.78 is 7.95. The van der Waals surface area contributed by atoms with Crippen LogP contribution in [-0.2, 0) is 12.1 Å². The highest BCUT2D eigenvalue weighted by molar-refractivity contribution is 5.21. The van der Waals surface area contributed by atoms with E-state index in [1.165, 1.54) is 0 Å². The summed E-state index contributed by atoms with van der Waals surface area (Å²) in [5.41, 5.74) is 1.00. The smallest absolute Gasteiger partial charge is 0.119 e. The molecule has 0 bridgehead atoms. The van der Waals surface area contributed by atoms with Crippen LogP contribution in [0.25, 0.3) is 0 Å². The molecule has 1 aromatic heterocycles. The fraction of sp³-hybridized carbons (Fsp3) is 0.529. The van der Waals surface area contributed by atoms with Crippen molar-refractivity contribution < 1.29 is 4.74 Å². The maximum Gasteiger partial charge on any atom is 0.119 e. The molecule has 1 aliphatic rings. The summed E-state index contributed by atoms with van der Waals surface area (Å²) >= 11 is 0. The lowest BCUT2D eigenvalue weighted by Gasteiger charge is -2.18. The molecule has 2 aromatic rings. The van der Waals surface area contributed by atoms with Crippen LogP contribution < -0.4 is 4.74 Å². The van der Waals surface area contributed by atoms with Gasteiger partial charge in [0.05, 0.1) is 17.4 Å². The molecular formula is C17H24N4O. The highest BCUT2D eigenvalue weighted by Crippen LogP contribution is 2.19. The number of benzene rings is 1. The van der Waals surface area contributed by atoms with Gasteiger partial charge in [-0.25, -0.2) is 4.68 Å². The molecule has 1 atom stereocenters. The fourth-order valence-electron chi connectivity index (χ4n) is 2.66. The molecule has 2 heterocycles. The predicted molar refractivity (Wildman–Crippen MR) is 85.8 cm³/mol. The summed E-state index contributed by atoms with van der Waals surface area (Å²) in [5.74, 6) is 0.952. The second-order valence-corrected chi connectivity index (χ2v) is 6.90. The molecule has 1 aliphatic heterocycles. The number of nitrogens with zero attached hydrogens (tertiary/aromatic N) is 4. The molecule has 0 N–H and O–H groups in total. The first-order valence-corrected chi connectivity index (χ1v) is 7.86. The number of aromatic nitrogens is 3. The standard InChI is InChI=1S/C17H24N4O/c1-17(2,3)21-12-14(18-19-21)11-20-10-9-16(13-20)22-15-7-5-4-6-8-15/h4-8,12,16H,9-11,13H2,1-3H3. The van der Waals surface area contributed by atoms with E-state index < -0.39 is 0 Å². The highest BCUT2D eigenvalue weighted by atomic mass is 16.5. The van der Waals surface area contributed by atoms with Gasteiger partial charge in [-0.05, 0) is 39.3 Å². The number of hydrogen-bond donors (Lipinski definition) is 0. The van der Waals surface area contributed by atoms with Gasteiger partial charge in [-0.1, -0.05) is 23.4 Å². The minimum Gasteiger partial charge on any atom is -0.489 e. The average Bonchev–Trinajstić information content (AvgIpc) is 3.10. The number of para-hydroxylation sites is 1. The van der Waals surface area contributed by atoms with E-state index in [0.717, 1.165) is 37.5 Å².